The highest BCUT2D eigenvalue weighted by Gasteiger charge is 2.35. The molecule has 0 radical (unpaired) electrons. The molecule has 3 rings (SSSR count). The molecule has 0 spiro atoms. The highest BCUT2D eigenvalue weighted by Crippen LogP contribution is 2.33. The van der Waals surface area contributed by atoms with Gasteiger partial charge < -0.3 is 5.32 Å². The maximum Gasteiger partial charge on any atom is 0.0201 e. The molecular formula is C14H24N2. The van der Waals surface area contributed by atoms with E-state index in [4.69, 9.17) is 0 Å². The van der Waals surface area contributed by atoms with Crippen molar-refractivity contribution in [2.24, 2.45) is 5.92 Å². The summed E-state index contributed by atoms with van der Waals surface area (Å²) in [7, 11) is 0. The zero-order valence-electron chi connectivity index (χ0n) is 10.2. The number of nitrogens with zero attached hydrogens (tertiary/aromatic N) is 1. The average molecular weight is 220 g/mol. The Morgan fingerprint density at radius 1 is 1.19 bits per heavy atom. The molecule has 3 atom stereocenters. The van der Waals surface area contributed by atoms with Crippen molar-refractivity contribution >= 4 is 0 Å². The molecule has 2 nitrogen and oxygen atoms in total. The average Bonchev–Trinajstić information content (AvgIpc) is 2.72. The van der Waals surface area contributed by atoms with Crippen LogP contribution in [-0.4, -0.2) is 36.6 Å². The van der Waals surface area contributed by atoms with E-state index in [1.807, 2.05) is 0 Å². The quantitative estimate of drug-likeness (QED) is 0.718. The van der Waals surface area contributed by atoms with E-state index in [0.717, 1.165) is 18.0 Å². The van der Waals surface area contributed by atoms with Crippen molar-refractivity contribution in [1.29, 1.82) is 0 Å². The number of hydrogen-bond donors (Lipinski definition) is 1. The predicted molar refractivity (Wildman–Crippen MR) is 67.5 cm³/mol. The molecule has 1 aliphatic carbocycles. The van der Waals surface area contributed by atoms with Crippen molar-refractivity contribution in [3.8, 4) is 0 Å². The Morgan fingerprint density at radius 2 is 2.12 bits per heavy atom. The third-order valence-corrected chi connectivity index (χ3v) is 4.57. The number of hydrogen-bond acceptors (Lipinski definition) is 2. The summed E-state index contributed by atoms with van der Waals surface area (Å²) in [5.41, 5.74) is 0. The van der Waals surface area contributed by atoms with E-state index < -0.39 is 0 Å². The molecule has 0 bridgehead atoms. The second-order valence-corrected chi connectivity index (χ2v) is 5.77. The van der Waals surface area contributed by atoms with Crippen LogP contribution in [0.5, 0.6) is 0 Å². The summed E-state index contributed by atoms with van der Waals surface area (Å²) < 4.78 is 0. The van der Waals surface area contributed by atoms with E-state index in [1.165, 1.54) is 58.2 Å². The van der Waals surface area contributed by atoms with Gasteiger partial charge in [0.25, 0.3) is 0 Å². The first-order valence-corrected chi connectivity index (χ1v) is 7.05. The molecule has 90 valence electrons. The highest BCUT2D eigenvalue weighted by molar-refractivity contribution is 4.96. The van der Waals surface area contributed by atoms with Gasteiger partial charge in [-0.05, 0) is 31.6 Å². The van der Waals surface area contributed by atoms with Crippen LogP contribution in [0.25, 0.3) is 0 Å². The first kappa shape index (κ1) is 10.8. The van der Waals surface area contributed by atoms with Crippen molar-refractivity contribution in [3.63, 3.8) is 0 Å². The number of rotatable bonds is 2. The number of fused-ring (bicyclic) bond motifs is 1. The van der Waals surface area contributed by atoms with Gasteiger partial charge in [0.05, 0.1) is 0 Å². The topological polar surface area (TPSA) is 15.3 Å². The third-order valence-electron chi connectivity index (χ3n) is 4.57. The molecule has 0 aromatic heterocycles. The minimum absolute atomic E-state index is 0.777. The van der Waals surface area contributed by atoms with E-state index in [1.54, 1.807) is 0 Å². The molecule has 0 aromatic carbocycles. The van der Waals surface area contributed by atoms with Crippen LogP contribution in [0.2, 0.25) is 0 Å². The zero-order chi connectivity index (χ0) is 10.8. The molecule has 1 saturated heterocycles. The summed E-state index contributed by atoms with van der Waals surface area (Å²) in [6.07, 6.45) is 13.2. The third kappa shape index (κ3) is 2.33. The molecule has 0 amide bonds. The van der Waals surface area contributed by atoms with E-state index >= 15 is 0 Å². The Labute approximate surface area is 99.1 Å². The van der Waals surface area contributed by atoms with E-state index in [9.17, 15) is 0 Å². The van der Waals surface area contributed by atoms with E-state index in [0.29, 0.717) is 0 Å². The van der Waals surface area contributed by atoms with Crippen LogP contribution in [0, 0.1) is 5.92 Å². The Bertz CT molecular complexity index is 247. The van der Waals surface area contributed by atoms with E-state index in [2.05, 4.69) is 22.4 Å². The molecule has 3 unspecified atom stereocenters. The summed E-state index contributed by atoms with van der Waals surface area (Å²) in [4.78, 5) is 2.61. The first-order chi connectivity index (χ1) is 7.92. The summed E-state index contributed by atoms with van der Waals surface area (Å²) in [5, 5.41) is 3.87. The van der Waals surface area contributed by atoms with Crippen LogP contribution in [0.4, 0.5) is 0 Å². The van der Waals surface area contributed by atoms with Gasteiger partial charge >= 0.3 is 0 Å². The van der Waals surface area contributed by atoms with Crippen LogP contribution in [0.1, 0.15) is 38.5 Å². The van der Waals surface area contributed by atoms with Gasteiger partial charge in [0.15, 0.2) is 0 Å². The lowest BCUT2D eigenvalue weighted by atomic mass is 9.85. The van der Waals surface area contributed by atoms with Crippen LogP contribution < -0.4 is 5.32 Å². The van der Waals surface area contributed by atoms with Gasteiger partial charge in [0, 0.05) is 31.7 Å². The fraction of sp³-hybridized carbons (Fsp3) is 0.857. The maximum absolute atomic E-state index is 3.87. The van der Waals surface area contributed by atoms with Crippen LogP contribution in [-0.2, 0) is 0 Å². The molecule has 2 fully saturated rings. The van der Waals surface area contributed by atoms with Crippen LogP contribution in [0.3, 0.4) is 0 Å². The maximum atomic E-state index is 3.87. The lowest BCUT2D eigenvalue weighted by Gasteiger charge is -2.26. The Balaban J connectivity index is 1.51. The minimum Gasteiger partial charge on any atom is -0.310 e. The van der Waals surface area contributed by atoms with E-state index in [-0.39, 0.29) is 0 Å². The van der Waals surface area contributed by atoms with Gasteiger partial charge in [0.1, 0.15) is 0 Å². The van der Waals surface area contributed by atoms with Gasteiger partial charge in [-0.2, -0.15) is 0 Å². The summed E-state index contributed by atoms with van der Waals surface area (Å²) in [6, 6.07) is 1.64. The van der Waals surface area contributed by atoms with Crippen molar-refractivity contribution in [2.75, 3.05) is 19.6 Å². The monoisotopic (exact) mass is 220 g/mol. The number of nitrogens with one attached hydrogen (secondary N) is 1. The summed E-state index contributed by atoms with van der Waals surface area (Å²) >= 11 is 0. The minimum atomic E-state index is 0.777. The van der Waals surface area contributed by atoms with Gasteiger partial charge in [-0.1, -0.05) is 25.0 Å². The lowest BCUT2D eigenvalue weighted by Crippen LogP contribution is -2.41. The molecule has 2 aliphatic heterocycles. The van der Waals surface area contributed by atoms with Gasteiger partial charge in [-0.15, -0.1) is 0 Å². The van der Waals surface area contributed by atoms with Gasteiger partial charge in [-0.25, -0.2) is 0 Å². The summed E-state index contributed by atoms with van der Waals surface area (Å²) in [6.45, 7) is 3.72. The van der Waals surface area contributed by atoms with Crippen molar-refractivity contribution < 1.29 is 0 Å². The fourth-order valence-corrected chi connectivity index (χ4v) is 3.74. The van der Waals surface area contributed by atoms with Crippen molar-refractivity contribution in [1.82, 2.24) is 10.2 Å². The Hall–Kier alpha value is -0.340. The smallest absolute Gasteiger partial charge is 0.0201 e. The molecule has 1 N–H and O–H groups in total. The standard InChI is InChI=1S/C14H24N2/c1-4-8-16(9-5-1)11-13-10-12-6-2-3-7-14(12)15-13/h1,4,12-15H,2-3,5-11H2. The summed E-state index contributed by atoms with van der Waals surface area (Å²) in [5.74, 6) is 0.999. The fourth-order valence-electron chi connectivity index (χ4n) is 3.74. The Morgan fingerprint density at radius 3 is 2.94 bits per heavy atom. The first-order valence-electron chi connectivity index (χ1n) is 7.05. The molecule has 2 heteroatoms. The largest absolute Gasteiger partial charge is 0.310 e. The van der Waals surface area contributed by atoms with Crippen LogP contribution in [0.15, 0.2) is 12.2 Å². The van der Waals surface area contributed by atoms with Crippen molar-refractivity contribution in [2.45, 2.75) is 50.6 Å². The van der Waals surface area contributed by atoms with Crippen LogP contribution >= 0.6 is 0 Å². The van der Waals surface area contributed by atoms with Gasteiger partial charge in [-0.3, -0.25) is 4.90 Å². The Kier molecular flexibility index (Phi) is 3.30. The SMILES string of the molecule is C1=CCN(CC2CC3CCCCC3N2)CC1. The second-order valence-electron chi connectivity index (χ2n) is 5.77. The zero-order valence-corrected chi connectivity index (χ0v) is 10.2. The highest BCUT2D eigenvalue weighted by atomic mass is 15.2. The van der Waals surface area contributed by atoms with Crippen molar-refractivity contribution in [3.05, 3.63) is 12.2 Å². The molecule has 2 heterocycles. The normalized spacial score (nSPS) is 39.9. The van der Waals surface area contributed by atoms with Gasteiger partial charge in [0.2, 0.25) is 0 Å². The molecule has 3 aliphatic rings. The predicted octanol–water partition coefficient (Wildman–Crippen LogP) is 2.17. The molecule has 1 saturated carbocycles. The lowest BCUT2D eigenvalue weighted by molar-refractivity contribution is 0.266. The molecule has 0 aromatic rings. The molecule has 16 heavy (non-hydrogen) atoms. The second kappa shape index (κ2) is 4.89. The molecular weight excluding hydrogens is 196 g/mol.